The first kappa shape index (κ1) is 37.2. The fourth-order valence-electron chi connectivity index (χ4n) is 5.73. The lowest BCUT2D eigenvalue weighted by Gasteiger charge is -2.18. The molecule has 3 amide bonds. The van der Waals surface area contributed by atoms with Gasteiger partial charge in [-0.25, -0.2) is 4.79 Å². The number of methoxy groups -OCH3 is 3. The molecule has 0 fully saturated rings. The zero-order valence-corrected chi connectivity index (χ0v) is 30.8. The van der Waals surface area contributed by atoms with Gasteiger partial charge in [-0.05, 0) is 91.3 Å². The van der Waals surface area contributed by atoms with Crippen LogP contribution in [0.25, 0.3) is 6.08 Å². The quantitative estimate of drug-likeness (QED) is 0.0729. The monoisotopic (exact) mass is 727 g/mol. The third-order valence-corrected chi connectivity index (χ3v) is 10.9. The minimum absolute atomic E-state index is 0.00869. The van der Waals surface area contributed by atoms with Gasteiger partial charge in [-0.2, -0.15) is 0 Å². The predicted octanol–water partition coefficient (Wildman–Crippen LogP) is 7.60. The number of thioether (sulfide) groups is 1. The Labute approximate surface area is 306 Å². The molecule has 0 spiro atoms. The highest BCUT2D eigenvalue weighted by atomic mass is 32.2. The normalized spacial score (nSPS) is 14.5. The second-order valence-electron chi connectivity index (χ2n) is 12.0. The van der Waals surface area contributed by atoms with Crippen molar-refractivity contribution >= 4 is 63.6 Å². The van der Waals surface area contributed by atoms with Crippen LogP contribution in [0.4, 0.5) is 10.7 Å². The molecule has 0 saturated carbocycles. The highest BCUT2D eigenvalue weighted by molar-refractivity contribution is 8.00. The molecule has 0 saturated heterocycles. The molecular weight excluding hydrogens is 687 g/mol. The molecule has 1 aliphatic carbocycles. The summed E-state index contributed by atoms with van der Waals surface area (Å²) in [5.74, 6) is -0.166. The molecule has 1 heterocycles. The van der Waals surface area contributed by atoms with E-state index < -0.39 is 23.0 Å². The number of carbonyl (C=O) groups is 4. The van der Waals surface area contributed by atoms with Crippen LogP contribution < -0.4 is 25.4 Å². The van der Waals surface area contributed by atoms with Gasteiger partial charge in [0.1, 0.15) is 10.7 Å². The van der Waals surface area contributed by atoms with Crippen molar-refractivity contribution in [3.05, 3.63) is 106 Å². The van der Waals surface area contributed by atoms with E-state index in [1.807, 2.05) is 13.0 Å². The summed E-state index contributed by atoms with van der Waals surface area (Å²) in [5, 5.41) is 8.70. The number of benzene rings is 3. The van der Waals surface area contributed by atoms with Crippen molar-refractivity contribution in [2.75, 3.05) is 32.0 Å². The van der Waals surface area contributed by atoms with Crippen LogP contribution in [0.3, 0.4) is 0 Å². The number of fused-ring (bicyclic) bond motifs is 1. The maximum atomic E-state index is 13.7. The van der Waals surface area contributed by atoms with Crippen LogP contribution in [0, 0.1) is 5.92 Å². The maximum absolute atomic E-state index is 13.7. The first-order valence-corrected chi connectivity index (χ1v) is 18.3. The van der Waals surface area contributed by atoms with Crippen LogP contribution in [0.15, 0.2) is 83.4 Å². The molecule has 5 rings (SSSR count). The Hall–Kier alpha value is -5.07. The molecule has 0 radical (unpaired) electrons. The lowest BCUT2D eigenvalue weighted by molar-refractivity contribution is -0.116. The summed E-state index contributed by atoms with van der Waals surface area (Å²) in [6.45, 7) is 4.11. The standard InChI is InChI=1S/C39H41N3O7S2/c1-6-32(37(45)42-38-34(39(46)49-5)28-17-15-23(2)19-33(28)51-38)50-27-14-10-13-26(22-27)40-36(44)29(41-35(43)25-11-8-7-9-12-25)20-24-16-18-30(47-3)31(21-24)48-4/h7-14,16,18,20-23,32H,6,15,17,19H2,1-5H3,(H,40,44)(H,41,43)(H,42,45)/b29-20+. The van der Waals surface area contributed by atoms with E-state index in [-0.39, 0.29) is 11.6 Å². The molecule has 1 aromatic heterocycles. The van der Waals surface area contributed by atoms with Gasteiger partial charge in [0, 0.05) is 21.0 Å². The number of hydrogen-bond acceptors (Lipinski definition) is 9. The van der Waals surface area contributed by atoms with Gasteiger partial charge in [0.25, 0.3) is 11.8 Å². The highest BCUT2D eigenvalue weighted by Crippen LogP contribution is 2.41. The van der Waals surface area contributed by atoms with E-state index in [0.717, 1.165) is 34.6 Å². The van der Waals surface area contributed by atoms with Crippen molar-refractivity contribution in [1.29, 1.82) is 0 Å². The molecule has 51 heavy (non-hydrogen) atoms. The summed E-state index contributed by atoms with van der Waals surface area (Å²) >= 11 is 2.81. The van der Waals surface area contributed by atoms with E-state index in [0.29, 0.717) is 51.2 Å². The van der Waals surface area contributed by atoms with Gasteiger partial charge in [-0.1, -0.05) is 44.2 Å². The number of thiophene rings is 1. The van der Waals surface area contributed by atoms with Gasteiger partial charge >= 0.3 is 5.97 Å². The molecule has 2 unspecified atom stereocenters. The molecule has 0 aliphatic heterocycles. The molecule has 2 atom stereocenters. The molecule has 10 nitrogen and oxygen atoms in total. The minimum Gasteiger partial charge on any atom is -0.493 e. The van der Waals surface area contributed by atoms with Gasteiger partial charge in [0.2, 0.25) is 5.91 Å². The Kier molecular flexibility index (Phi) is 12.6. The second-order valence-corrected chi connectivity index (χ2v) is 14.4. The van der Waals surface area contributed by atoms with E-state index in [1.54, 1.807) is 72.8 Å². The SMILES string of the molecule is CCC(Sc1cccc(NC(=O)/C(=C\c2ccc(OC)c(OC)c2)NC(=O)c2ccccc2)c1)C(=O)Nc1sc2c(c1C(=O)OC)CCC(C)C2. The number of anilines is 2. The third kappa shape index (κ3) is 9.19. The zero-order chi connectivity index (χ0) is 36.5. The fraction of sp³-hybridized carbons (Fsp3) is 0.282. The zero-order valence-electron chi connectivity index (χ0n) is 29.2. The lowest BCUT2D eigenvalue weighted by Crippen LogP contribution is -2.30. The summed E-state index contributed by atoms with van der Waals surface area (Å²) in [6.07, 6.45) is 4.70. The smallest absolute Gasteiger partial charge is 0.341 e. The Bertz CT molecular complexity index is 1940. The van der Waals surface area contributed by atoms with Gasteiger partial charge in [-0.3, -0.25) is 14.4 Å². The second kappa shape index (κ2) is 17.2. The molecule has 12 heteroatoms. The van der Waals surface area contributed by atoms with Gasteiger partial charge < -0.3 is 30.2 Å². The topological polar surface area (TPSA) is 132 Å². The summed E-state index contributed by atoms with van der Waals surface area (Å²) in [4.78, 5) is 55.1. The lowest BCUT2D eigenvalue weighted by atomic mass is 9.88. The predicted molar refractivity (Wildman–Crippen MR) is 202 cm³/mol. The molecule has 0 bridgehead atoms. The van der Waals surface area contributed by atoms with Crippen LogP contribution in [0.5, 0.6) is 11.5 Å². The number of ether oxygens (including phenoxy) is 3. The van der Waals surface area contributed by atoms with Crippen molar-refractivity contribution < 1.29 is 33.4 Å². The Morgan fingerprint density at radius 3 is 2.41 bits per heavy atom. The number of esters is 1. The summed E-state index contributed by atoms with van der Waals surface area (Å²) in [5.41, 5.74) is 2.91. The van der Waals surface area contributed by atoms with Crippen LogP contribution in [0.1, 0.15) is 63.4 Å². The summed E-state index contributed by atoms with van der Waals surface area (Å²) in [7, 11) is 4.40. The van der Waals surface area contributed by atoms with Crippen LogP contribution in [-0.2, 0) is 27.2 Å². The number of carbonyl (C=O) groups excluding carboxylic acids is 4. The van der Waals surface area contributed by atoms with Crippen LogP contribution in [0.2, 0.25) is 0 Å². The largest absolute Gasteiger partial charge is 0.493 e. The summed E-state index contributed by atoms with van der Waals surface area (Å²) < 4.78 is 15.8. The number of nitrogens with one attached hydrogen (secondary N) is 3. The number of amides is 3. The van der Waals surface area contributed by atoms with E-state index in [9.17, 15) is 19.2 Å². The van der Waals surface area contributed by atoms with Crippen molar-refractivity contribution in [3.8, 4) is 11.5 Å². The molecule has 3 aromatic carbocycles. The van der Waals surface area contributed by atoms with Crippen molar-refractivity contribution in [3.63, 3.8) is 0 Å². The fourth-order valence-corrected chi connectivity index (χ4v) is 8.15. The van der Waals surface area contributed by atoms with Gasteiger partial charge in [-0.15, -0.1) is 23.1 Å². The molecule has 3 N–H and O–H groups in total. The van der Waals surface area contributed by atoms with Gasteiger partial charge in [0.15, 0.2) is 11.5 Å². The Morgan fingerprint density at radius 1 is 0.941 bits per heavy atom. The number of hydrogen-bond donors (Lipinski definition) is 3. The molecule has 266 valence electrons. The van der Waals surface area contributed by atoms with Gasteiger partial charge in [0.05, 0.1) is 32.1 Å². The summed E-state index contributed by atoms with van der Waals surface area (Å²) in [6, 6.07) is 20.9. The first-order chi connectivity index (χ1) is 24.6. The van der Waals surface area contributed by atoms with Crippen molar-refractivity contribution in [2.45, 2.75) is 49.7 Å². The minimum atomic E-state index is -0.549. The molecule has 4 aromatic rings. The Balaban J connectivity index is 1.34. The average Bonchev–Trinajstić information content (AvgIpc) is 3.49. The third-order valence-electron chi connectivity index (χ3n) is 8.42. The molecule has 1 aliphatic rings. The Morgan fingerprint density at radius 2 is 1.71 bits per heavy atom. The van der Waals surface area contributed by atoms with Crippen LogP contribution in [-0.4, -0.2) is 50.3 Å². The highest BCUT2D eigenvalue weighted by Gasteiger charge is 2.30. The average molecular weight is 728 g/mol. The first-order valence-electron chi connectivity index (χ1n) is 16.6. The maximum Gasteiger partial charge on any atom is 0.341 e. The van der Waals surface area contributed by atoms with Crippen molar-refractivity contribution in [1.82, 2.24) is 5.32 Å². The van der Waals surface area contributed by atoms with E-state index in [2.05, 4.69) is 22.9 Å². The number of rotatable bonds is 13. The van der Waals surface area contributed by atoms with E-state index in [1.165, 1.54) is 44.4 Å². The van der Waals surface area contributed by atoms with E-state index >= 15 is 0 Å². The van der Waals surface area contributed by atoms with Crippen molar-refractivity contribution in [2.24, 2.45) is 5.92 Å². The molecular formula is C39H41N3O7S2. The van der Waals surface area contributed by atoms with E-state index in [4.69, 9.17) is 14.2 Å². The van der Waals surface area contributed by atoms with Crippen LogP contribution >= 0.6 is 23.1 Å².